The zero-order chi connectivity index (χ0) is 21.9. The first kappa shape index (κ1) is 20.7. The van der Waals surface area contributed by atoms with Crippen molar-refractivity contribution in [3.8, 4) is 0 Å². The number of amides is 3. The van der Waals surface area contributed by atoms with E-state index in [0.717, 1.165) is 22.9 Å². The maximum absolute atomic E-state index is 13.2. The molecule has 5 nitrogen and oxygen atoms in total. The summed E-state index contributed by atoms with van der Waals surface area (Å²) in [6, 6.07) is 13.7. The second kappa shape index (κ2) is 7.75. The van der Waals surface area contributed by atoms with E-state index in [1.807, 2.05) is 31.2 Å². The van der Waals surface area contributed by atoms with Gasteiger partial charge in [0.25, 0.3) is 0 Å². The normalized spacial score (nSPS) is 28.9. The molecule has 3 amide bonds. The molecule has 5 atom stereocenters. The lowest BCUT2D eigenvalue weighted by Crippen LogP contribution is -2.39. The molecule has 1 N–H and O–H groups in total. The van der Waals surface area contributed by atoms with Gasteiger partial charge < -0.3 is 5.32 Å². The van der Waals surface area contributed by atoms with Crippen LogP contribution in [-0.4, -0.2) is 29.2 Å². The highest BCUT2D eigenvalue weighted by molar-refractivity contribution is 9.10. The van der Waals surface area contributed by atoms with E-state index in [1.165, 1.54) is 10.5 Å². The molecule has 2 aromatic carbocycles. The van der Waals surface area contributed by atoms with E-state index in [2.05, 4.69) is 33.4 Å². The molecule has 2 bridgehead atoms. The summed E-state index contributed by atoms with van der Waals surface area (Å²) in [5.74, 6) is -0.631. The van der Waals surface area contributed by atoms with Gasteiger partial charge in [-0.15, -0.1) is 0 Å². The van der Waals surface area contributed by atoms with Crippen LogP contribution in [0.4, 0.5) is 5.69 Å². The maximum atomic E-state index is 13.2. The van der Waals surface area contributed by atoms with Crippen molar-refractivity contribution in [1.29, 1.82) is 0 Å². The molecule has 7 heteroatoms. The summed E-state index contributed by atoms with van der Waals surface area (Å²) < 4.78 is 0.742. The van der Waals surface area contributed by atoms with Gasteiger partial charge in [-0.3, -0.25) is 19.3 Å². The Morgan fingerprint density at radius 2 is 1.84 bits per heavy atom. The van der Waals surface area contributed by atoms with Crippen molar-refractivity contribution in [3.63, 3.8) is 0 Å². The maximum Gasteiger partial charge on any atom is 0.244 e. The molecule has 0 aromatic heterocycles. The van der Waals surface area contributed by atoms with E-state index in [-0.39, 0.29) is 42.0 Å². The molecule has 2 aromatic rings. The Bertz CT molecular complexity index is 1090. The molecular weight excluding hydrogens is 480 g/mol. The number of hydrogen-bond acceptors (Lipinski definition) is 3. The Balaban J connectivity index is 1.32. The van der Waals surface area contributed by atoms with Crippen LogP contribution in [0.2, 0.25) is 5.02 Å². The third kappa shape index (κ3) is 3.40. The average molecular weight is 502 g/mol. The first-order valence-corrected chi connectivity index (χ1v) is 11.7. The fraction of sp³-hybridized carbons (Fsp3) is 0.375. The quantitative estimate of drug-likeness (QED) is 0.614. The second-order valence-electron chi connectivity index (χ2n) is 8.86. The van der Waals surface area contributed by atoms with E-state index >= 15 is 0 Å². The number of likely N-dealkylation sites (tertiary alicyclic amines) is 1. The minimum atomic E-state index is -0.393. The average Bonchev–Trinajstić information content (AvgIpc) is 3.40. The van der Waals surface area contributed by atoms with Crippen molar-refractivity contribution in [3.05, 3.63) is 63.1 Å². The number of hydrogen-bond donors (Lipinski definition) is 1. The van der Waals surface area contributed by atoms with E-state index in [9.17, 15) is 14.4 Å². The summed E-state index contributed by atoms with van der Waals surface area (Å²) in [6.07, 6.45) is 1.86. The first-order valence-electron chi connectivity index (χ1n) is 10.5. The lowest BCUT2D eigenvalue weighted by Gasteiger charge is -2.28. The number of rotatable bonds is 4. The Labute approximate surface area is 194 Å². The van der Waals surface area contributed by atoms with Crippen molar-refractivity contribution in [2.75, 3.05) is 11.9 Å². The highest BCUT2D eigenvalue weighted by Gasteiger charge is 2.63. The van der Waals surface area contributed by atoms with Gasteiger partial charge >= 0.3 is 0 Å². The number of nitrogens with one attached hydrogen (secondary N) is 1. The minimum absolute atomic E-state index is 0.175. The molecular formula is C24H22BrClN2O3. The molecule has 1 heterocycles. The number of aryl methyl sites for hydroxylation is 1. The smallest absolute Gasteiger partial charge is 0.244 e. The van der Waals surface area contributed by atoms with Crippen LogP contribution in [0.15, 0.2) is 46.9 Å². The molecule has 5 rings (SSSR count). The number of imide groups is 1. The van der Waals surface area contributed by atoms with Crippen molar-refractivity contribution >= 4 is 50.9 Å². The number of nitrogens with zero attached hydrogens (tertiary/aromatic N) is 1. The van der Waals surface area contributed by atoms with Gasteiger partial charge in [-0.1, -0.05) is 41.9 Å². The summed E-state index contributed by atoms with van der Waals surface area (Å²) in [7, 11) is 0. The van der Waals surface area contributed by atoms with Crippen molar-refractivity contribution in [1.82, 2.24) is 4.90 Å². The molecule has 3 fully saturated rings. The van der Waals surface area contributed by atoms with Crippen LogP contribution in [-0.2, 0) is 14.4 Å². The predicted molar refractivity (Wildman–Crippen MR) is 122 cm³/mol. The van der Waals surface area contributed by atoms with Gasteiger partial charge in [0.1, 0.15) is 6.54 Å². The summed E-state index contributed by atoms with van der Waals surface area (Å²) in [4.78, 5) is 40.2. The molecule has 0 unspecified atom stereocenters. The van der Waals surface area contributed by atoms with Crippen molar-refractivity contribution in [2.45, 2.75) is 25.7 Å². The van der Waals surface area contributed by atoms with Crippen molar-refractivity contribution in [2.24, 2.45) is 23.7 Å². The van der Waals surface area contributed by atoms with Crippen LogP contribution in [0, 0.1) is 30.6 Å². The molecule has 31 heavy (non-hydrogen) atoms. The van der Waals surface area contributed by atoms with Gasteiger partial charge in [0, 0.05) is 10.2 Å². The molecule has 1 saturated heterocycles. The number of anilines is 1. The van der Waals surface area contributed by atoms with E-state index in [1.54, 1.807) is 6.07 Å². The molecule has 160 valence electrons. The largest absolute Gasteiger partial charge is 0.324 e. The molecule has 1 aliphatic heterocycles. The van der Waals surface area contributed by atoms with Gasteiger partial charge in [-0.2, -0.15) is 0 Å². The van der Waals surface area contributed by atoms with Crippen LogP contribution in [0.1, 0.15) is 29.9 Å². The second-order valence-corrected chi connectivity index (χ2v) is 10.1. The van der Waals surface area contributed by atoms with Crippen LogP contribution >= 0.6 is 27.5 Å². The SMILES string of the molecule is Cc1cc(Br)c(Cl)cc1NC(=O)CN1C(=O)[C@@H]2[C@@H]3C[C@@H]([C@@H]2C1=O)[C@H](c1ccccc1)C3. The highest BCUT2D eigenvalue weighted by atomic mass is 79.9. The van der Waals surface area contributed by atoms with Crippen molar-refractivity contribution < 1.29 is 14.4 Å². The molecule has 3 aliphatic rings. The number of carbonyl (C=O) groups is 3. The highest BCUT2D eigenvalue weighted by Crippen LogP contribution is 2.61. The topological polar surface area (TPSA) is 66.5 Å². The fourth-order valence-corrected chi connectivity index (χ4v) is 6.50. The molecule has 0 radical (unpaired) electrons. The zero-order valence-corrected chi connectivity index (χ0v) is 19.3. The molecule has 2 aliphatic carbocycles. The lowest BCUT2D eigenvalue weighted by molar-refractivity contribution is -0.143. The number of benzene rings is 2. The van der Waals surface area contributed by atoms with Crippen LogP contribution in [0.25, 0.3) is 0 Å². The van der Waals surface area contributed by atoms with Crippen LogP contribution in [0.3, 0.4) is 0 Å². The lowest BCUT2D eigenvalue weighted by atomic mass is 9.73. The van der Waals surface area contributed by atoms with Gasteiger partial charge in [0.05, 0.1) is 16.9 Å². The number of fused-ring (bicyclic) bond motifs is 5. The van der Waals surface area contributed by atoms with Gasteiger partial charge in [-0.05, 0) is 76.7 Å². The zero-order valence-electron chi connectivity index (χ0n) is 17.0. The van der Waals surface area contributed by atoms with Crippen LogP contribution in [0.5, 0.6) is 0 Å². The fourth-order valence-electron chi connectivity index (χ4n) is 5.87. The Hall–Kier alpha value is -2.18. The third-order valence-corrected chi connectivity index (χ3v) is 8.37. The summed E-state index contributed by atoms with van der Waals surface area (Å²) in [5.41, 5.74) is 2.65. The summed E-state index contributed by atoms with van der Waals surface area (Å²) >= 11 is 9.49. The Kier molecular flexibility index (Phi) is 5.18. The van der Waals surface area contributed by atoms with Gasteiger partial charge in [0.2, 0.25) is 17.7 Å². The van der Waals surface area contributed by atoms with E-state index < -0.39 is 5.91 Å². The van der Waals surface area contributed by atoms with E-state index in [4.69, 9.17) is 11.6 Å². The predicted octanol–water partition coefficient (Wildman–Crippen LogP) is 4.77. The summed E-state index contributed by atoms with van der Waals surface area (Å²) in [5, 5.41) is 3.27. The standard InChI is InChI=1S/C24H22BrClN2O3/c1-12-7-17(25)18(26)10-19(12)27-20(29)11-28-23(30)21-14-8-15(13-5-3-2-4-6-13)16(9-14)22(21)24(28)31/h2-7,10,14-16,21-22H,8-9,11H2,1H3,(H,27,29)/t14-,15-,16+,21+,22-/m0/s1. The Morgan fingerprint density at radius 1 is 1.13 bits per heavy atom. The Morgan fingerprint density at radius 3 is 2.58 bits per heavy atom. The number of halogens is 2. The van der Waals surface area contributed by atoms with Crippen LogP contribution < -0.4 is 5.32 Å². The first-order chi connectivity index (χ1) is 14.8. The van der Waals surface area contributed by atoms with Gasteiger partial charge in [-0.25, -0.2) is 0 Å². The van der Waals surface area contributed by atoms with E-state index in [0.29, 0.717) is 16.6 Å². The number of carbonyl (C=O) groups excluding carboxylic acids is 3. The minimum Gasteiger partial charge on any atom is -0.324 e. The summed E-state index contributed by atoms with van der Waals surface area (Å²) in [6.45, 7) is 1.60. The monoisotopic (exact) mass is 500 g/mol. The third-order valence-electron chi connectivity index (χ3n) is 7.18. The van der Waals surface area contributed by atoms with Gasteiger partial charge in [0.15, 0.2) is 0 Å². The molecule has 0 spiro atoms. The molecule has 2 saturated carbocycles.